The first kappa shape index (κ1) is 24.5. The Morgan fingerprint density at radius 2 is 1.84 bits per heavy atom. The van der Waals surface area contributed by atoms with E-state index in [-0.39, 0.29) is 12.2 Å². The van der Waals surface area contributed by atoms with Crippen molar-refractivity contribution in [2.75, 3.05) is 13.7 Å². The quantitative estimate of drug-likeness (QED) is 0.564. The van der Waals surface area contributed by atoms with Crippen LogP contribution < -0.4 is 4.72 Å². The van der Waals surface area contributed by atoms with Crippen molar-refractivity contribution < 1.29 is 22.7 Å². The third-order valence-corrected chi connectivity index (χ3v) is 7.35. The van der Waals surface area contributed by atoms with Crippen LogP contribution in [0.1, 0.15) is 24.0 Å². The molecule has 0 saturated carbocycles. The highest BCUT2D eigenvalue weighted by Gasteiger charge is 2.39. The number of hydrogen-bond donors (Lipinski definition) is 1. The minimum absolute atomic E-state index is 0.0497. The third-order valence-electron chi connectivity index (χ3n) is 5.25. The van der Waals surface area contributed by atoms with Gasteiger partial charge in [-0.3, -0.25) is 4.79 Å². The maximum atomic E-state index is 13.4. The number of nitrogens with zero attached hydrogens (tertiary/aromatic N) is 1. The first-order valence-electron chi connectivity index (χ1n) is 10.1. The molecule has 0 aromatic heterocycles. The van der Waals surface area contributed by atoms with E-state index in [0.29, 0.717) is 40.6 Å². The van der Waals surface area contributed by atoms with Crippen LogP contribution in [0, 0.1) is 0 Å². The molecule has 0 aliphatic carbocycles. The number of nitrogens with one attached hydrogen (secondary N) is 1. The van der Waals surface area contributed by atoms with Crippen LogP contribution in [0.15, 0.2) is 48.5 Å². The fourth-order valence-corrected chi connectivity index (χ4v) is 5.40. The van der Waals surface area contributed by atoms with E-state index >= 15 is 0 Å². The molecule has 32 heavy (non-hydrogen) atoms. The minimum atomic E-state index is -3.86. The Morgan fingerprint density at radius 3 is 2.50 bits per heavy atom. The van der Waals surface area contributed by atoms with E-state index in [1.807, 2.05) is 0 Å². The molecule has 1 saturated heterocycles. The first-order valence-corrected chi connectivity index (χ1v) is 12.5. The number of ether oxygens (including phenoxy) is 1. The van der Waals surface area contributed by atoms with Gasteiger partial charge in [-0.05, 0) is 42.5 Å². The van der Waals surface area contributed by atoms with Gasteiger partial charge in [-0.2, -0.15) is 0 Å². The molecule has 2 aromatic carbocycles. The minimum Gasteiger partial charge on any atom is -0.467 e. The summed E-state index contributed by atoms with van der Waals surface area (Å²) in [6.07, 6.45) is 1.14. The van der Waals surface area contributed by atoms with Crippen LogP contribution in [0.2, 0.25) is 10.0 Å². The zero-order chi connectivity index (χ0) is 23.3. The van der Waals surface area contributed by atoms with Gasteiger partial charge in [0, 0.05) is 6.54 Å². The Labute approximate surface area is 197 Å². The SMILES string of the molecule is COC(=O)[C@@H]1CCCN1C(=O)[C@@H](Cc1ccc(Cl)c(Cl)c1)NS(=O)(=O)Cc1ccccc1. The van der Waals surface area contributed by atoms with Gasteiger partial charge >= 0.3 is 5.97 Å². The number of rotatable bonds is 8. The molecule has 0 unspecified atom stereocenters. The first-order chi connectivity index (χ1) is 15.2. The molecular weight excluding hydrogens is 475 g/mol. The summed E-state index contributed by atoms with van der Waals surface area (Å²) in [7, 11) is -2.60. The highest BCUT2D eigenvalue weighted by Crippen LogP contribution is 2.25. The Morgan fingerprint density at radius 1 is 1.12 bits per heavy atom. The van der Waals surface area contributed by atoms with E-state index in [1.165, 1.54) is 12.0 Å². The molecule has 1 fully saturated rings. The van der Waals surface area contributed by atoms with Crippen molar-refractivity contribution in [2.45, 2.75) is 37.1 Å². The Balaban J connectivity index is 1.87. The van der Waals surface area contributed by atoms with Crippen molar-refractivity contribution in [3.63, 3.8) is 0 Å². The molecule has 2 atom stereocenters. The highest BCUT2D eigenvalue weighted by molar-refractivity contribution is 7.88. The summed E-state index contributed by atoms with van der Waals surface area (Å²) in [5.74, 6) is -1.28. The van der Waals surface area contributed by atoms with Crippen molar-refractivity contribution in [3.8, 4) is 0 Å². The molecular formula is C22H24Cl2N2O5S. The normalized spacial score (nSPS) is 17.2. The lowest BCUT2D eigenvalue weighted by atomic mass is 10.1. The number of carbonyl (C=O) groups excluding carboxylic acids is 2. The molecule has 0 radical (unpaired) electrons. The smallest absolute Gasteiger partial charge is 0.328 e. The number of benzene rings is 2. The second kappa shape index (κ2) is 10.7. The van der Waals surface area contributed by atoms with Gasteiger partial charge < -0.3 is 9.64 Å². The second-order valence-corrected chi connectivity index (χ2v) is 10.1. The van der Waals surface area contributed by atoms with E-state index in [4.69, 9.17) is 27.9 Å². The molecule has 172 valence electrons. The van der Waals surface area contributed by atoms with Crippen LogP contribution in [0.5, 0.6) is 0 Å². The summed E-state index contributed by atoms with van der Waals surface area (Å²) >= 11 is 12.1. The van der Waals surface area contributed by atoms with Crippen molar-refractivity contribution in [1.82, 2.24) is 9.62 Å². The summed E-state index contributed by atoms with van der Waals surface area (Å²) in [5.41, 5.74) is 1.23. The Bertz CT molecular complexity index is 1080. The van der Waals surface area contributed by atoms with Gasteiger partial charge in [0.2, 0.25) is 15.9 Å². The van der Waals surface area contributed by atoms with Gasteiger partial charge in [0.15, 0.2) is 0 Å². The van der Waals surface area contributed by atoms with Gasteiger partial charge in [-0.15, -0.1) is 0 Å². The molecule has 7 nitrogen and oxygen atoms in total. The summed E-state index contributed by atoms with van der Waals surface area (Å²) in [6, 6.07) is 11.7. The molecule has 0 bridgehead atoms. The van der Waals surface area contributed by atoms with E-state index in [0.717, 1.165) is 0 Å². The standard InChI is InChI=1S/C22H24Cl2N2O5S/c1-31-22(28)20-8-5-11-26(20)21(27)19(13-16-9-10-17(23)18(24)12-16)25-32(29,30)14-15-6-3-2-4-7-15/h2-4,6-7,9-10,12,19-20,25H,5,8,11,13-14H2,1H3/t19-,20+/m1/s1. The highest BCUT2D eigenvalue weighted by atomic mass is 35.5. The van der Waals surface area contributed by atoms with Crippen molar-refractivity contribution in [1.29, 1.82) is 0 Å². The number of likely N-dealkylation sites (tertiary alicyclic amines) is 1. The van der Waals surface area contributed by atoms with Crippen LogP contribution >= 0.6 is 23.2 Å². The van der Waals surface area contributed by atoms with Crippen molar-refractivity contribution in [2.24, 2.45) is 0 Å². The number of hydrogen-bond acceptors (Lipinski definition) is 5. The number of esters is 1. The van der Waals surface area contributed by atoms with E-state index in [9.17, 15) is 18.0 Å². The van der Waals surface area contributed by atoms with Crippen LogP contribution in [0.25, 0.3) is 0 Å². The molecule has 10 heteroatoms. The average molecular weight is 499 g/mol. The van der Waals surface area contributed by atoms with Crippen LogP contribution in [-0.2, 0) is 36.5 Å². The van der Waals surface area contributed by atoms with Gasteiger partial charge in [0.05, 0.1) is 22.9 Å². The zero-order valence-corrected chi connectivity index (χ0v) is 19.8. The molecule has 2 aromatic rings. The largest absolute Gasteiger partial charge is 0.467 e. The summed E-state index contributed by atoms with van der Waals surface area (Å²) in [6.45, 7) is 0.344. The number of amides is 1. The van der Waals surface area contributed by atoms with Gasteiger partial charge in [0.25, 0.3) is 0 Å². The molecule has 1 aliphatic rings. The molecule has 3 rings (SSSR count). The Hall–Kier alpha value is -2.13. The molecule has 1 aliphatic heterocycles. The maximum absolute atomic E-state index is 13.4. The summed E-state index contributed by atoms with van der Waals surface area (Å²) in [4.78, 5) is 26.9. The molecule has 1 N–H and O–H groups in total. The monoisotopic (exact) mass is 498 g/mol. The number of sulfonamides is 1. The van der Waals surface area contributed by atoms with Crippen molar-refractivity contribution >= 4 is 45.1 Å². The van der Waals surface area contributed by atoms with Crippen LogP contribution in [-0.4, -0.2) is 50.9 Å². The average Bonchev–Trinajstić information content (AvgIpc) is 3.25. The zero-order valence-electron chi connectivity index (χ0n) is 17.5. The van der Waals surface area contributed by atoms with Crippen LogP contribution in [0.3, 0.4) is 0 Å². The van der Waals surface area contributed by atoms with Gasteiger partial charge in [-0.1, -0.05) is 59.6 Å². The number of halogens is 2. The van der Waals surface area contributed by atoms with Gasteiger partial charge in [0.1, 0.15) is 12.1 Å². The fourth-order valence-electron chi connectivity index (χ4n) is 3.75. The third kappa shape index (κ3) is 6.22. The van der Waals surface area contributed by atoms with Crippen LogP contribution in [0.4, 0.5) is 0 Å². The predicted molar refractivity (Wildman–Crippen MR) is 123 cm³/mol. The maximum Gasteiger partial charge on any atom is 0.328 e. The fraction of sp³-hybridized carbons (Fsp3) is 0.364. The number of methoxy groups -OCH3 is 1. The van der Waals surface area contributed by atoms with E-state index in [2.05, 4.69) is 4.72 Å². The lowest BCUT2D eigenvalue weighted by Gasteiger charge is -2.28. The Kier molecular flexibility index (Phi) is 8.16. The topological polar surface area (TPSA) is 92.8 Å². The summed E-state index contributed by atoms with van der Waals surface area (Å²) < 4.78 is 33.1. The lowest BCUT2D eigenvalue weighted by molar-refractivity contribution is -0.151. The molecule has 1 amide bonds. The van der Waals surface area contributed by atoms with Gasteiger partial charge in [-0.25, -0.2) is 17.9 Å². The molecule has 0 spiro atoms. The van der Waals surface area contributed by atoms with E-state index in [1.54, 1.807) is 48.5 Å². The lowest BCUT2D eigenvalue weighted by Crippen LogP contribution is -2.52. The molecule has 1 heterocycles. The van der Waals surface area contributed by atoms with Crippen molar-refractivity contribution in [3.05, 3.63) is 69.7 Å². The predicted octanol–water partition coefficient (Wildman–Crippen LogP) is 3.19. The second-order valence-electron chi connectivity index (χ2n) is 7.58. The van der Waals surface area contributed by atoms with E-state index < -0.39 is 34.0 Å². The number of carbonyl (C=O) groups is 2. The summed E-state index contributed by atoms with van der Waals surface area (Å²) in [5, 5.41) is 0.657.